The van der Waals surface area contributed by atoms with Crippen molar-refractivity contribution >= 4 is 22.6 Å². The molecule has 2 unspecified atom stereocenters. The predicted molar refractivity (Wildman–Crippen MR) is 64.8 cm³/mol. The maximum Gasteiger partial charge on any atom is 0.0761 e. The molecule has 0 heterocycles. The summed E-state index contributed by atoms with van der Waals surface area (Å²) in [6.07, 6.45) is 1.88. The van der Waals surface area contributed by atoms with Crippen molar-refractivity contribution in [3.05, 3.63) is 33.4 Å². The second-order valence-electron chi connectivity index (χ2n) is 3.88. The first-order valence-corrected chi connectivity index (χ1v) is 5.96. The first kappa shape index (κ1) is 10.4. The van der Waals surface area contributed by atoms with E-state index in [-0.39, 0.29) is 12.1 Å². The Morgan fingerprint density at radius 3 is 2.57 bits per heavy atom. The lowest BCUT2D eigenvalue weighted by molar-refractivity contribution is 0.122. The average Bonchev–Trinajstić information content (AvgIpc) is 3.00. The second kappa shape index (κ2) is 4.16. The summed E-state index contributed by atoms with van der Waals surface area (Å²) in [7, 11) is 0. The fraction of sp³-hybridized carbons (Fsp3) is 0.455. The maximum absolute atomic E-state index is 9.91. The number of hydrogen-bond acceptors (Lipinski definition) is 2. The third-order valence-corrected chi connectivity index (χ3v) is 3.72. The normalized spacial score (nSPS) is 20.5. The Balaban J connectivity index is 2.17. The quantitative estimate of drug-likeness (QED) is 0.840. The van der Waals surface area contributed by atoms with E-state index in [9.17, 15) is 5.11 Å². The highest BCUT2D eigenvalue weighted by Crippen LogP contribution is 2.37. The number of nitrogens with two attached hydrogens (primary N) is 1. The summed E-state index contributed by atoms with van der Waals surface area (Å²) in [6, 6.07) is 7.75. The minimum absolute atomic E-state index is 0.226. The highest BCUT2D eigenvalue weighted by atomic mass is 127. The van der Waals surface area contributed by atoms with Gasteiger partial charge in [-0.25, -0.2) is 0 Å². The molecule has 1 aromatic carbocycles. The van der Waals surface area contributed by atoms with E-state index in [1.165, 1.54) is 0 Å². The highest BCUT2D eigenvalue weighted by molar-refractivity contribution is 14.1. The van der Waals surface area contributed by atoms with Gasteiger partial charge in [0.15, 0.2) is 0 Å². The molecular weight excluding hydrogens is 289 g/mol. The lowest BCUT2D eigenvalue weighted by atomic mass is 9.99. The zero-order valence-electron chi connectivity index (χ0n) is 7.86. The van der Waals surface area contributed by atoms with Gasteiger partial charge in [-0.2, -0.15) is 0 Å². The van der Waals surface area contributed by atoms with Crippen LogP contribution < -0.4 is 5.73 Å². The first-order chi connectivity index (χ1) is 6.70. The van der Waals surface area contributed by atoms with E-state index in [4.69, 9.17) is 5.73 Å². The molecule has 3 heteroatoms. The molecule has 2 atom stereocenters. The molecule has 1 saturated carbocycles. The molecule has 3 N–H and O–H groups in total. The second-order valence-corrected chi connectivity index (χ2v) is 5.04. The van der Waals surface area contributed by atoms with Crippen molar-refractivity contribution in [1.82, 2.24) is 0 Å². The van der Waals surface area contributed by atoms with Crippen molar-refractivity contribution in [3.63, 3.8) is 0 Å². The largest absolute Gasteiger partial charge is 0.391 e. The van der Waals surface area contributed by atoms with Crippen LogP contribution in [0.2, 0.25) is 0 Å². The van der Waals surface area contributed by atoms with Gasteiger partial charge >= 0.3 is 0 Å². The molecule has 0 bridgehead atoms. The maximum atomic E-state index is 9.91. The van der Waals surface area contributed by atoms with Crippen molar-refractivity contribution in [3.8, 4) is 0 Å². The van der Waals surface area contributed by atoms with Crippen LogP contribution in [0.4, 0.5) is 0 Å². The van der Waals surface area contributed by atoms with E-state index < -0.39 is 0 Å². The van der Waals surface area contributed by atoms with Gasteiger partial charge in [0.1, 0.15) is 0 Å². The Morgan fingerprint density at radius 2 is 2.00 bits per heavy atom. The Hall–Kier alpha value is -0.130. The van der Waals surface area contributed by atoms with Crippen molar-refractivity contribution in [2.45, 2.75) is 25.0 Å². The molecule has 76 valence electrons. The van der Waals surface area contributed by atoms with E-state index in [2.05, 4.69) is 22.6 Å². The lowest BCUT2D eigenvalue weighted by Crippen LogP contribution is -2.28. The predicted octanol–water partition coefficient (Wildman–Crippen LogP) is 2.06. The molecule has 2 rings (SSSR count). The van der Waals surface area contributed by atoms with Crippen LogP contribution in [-0.4, -0.2) is 11.2 Å². The number of aliphatic hydroxyl groups excluding tert-OH is 1. The van der Waals surface area contributed by atoms with Crippen molar-refractivity contribution < 1.29 is 5.11 Å². The Morgan fingerprint density at radius 1 is 1.36 bits per heavy atom. The SMILES string of the molecule is NC(c1ccccc1I)C(O)C1CC1. The number of aliphatic hydroxyl groups is 1. The van der Waals surface area contributed by atoms with Crippen LogP contribution in [0.1, 0.15) is 24.4 Å². The van der Waals surface area contributed by atoms with Gasteiger partial charge < -0.3 is 10.8 Å². The molecular formula is C11H14INO. The minimum atomic E-state index is -0.370. The monoisotopic (exact) mass is 303 g/mol. The van der Waals surface area contributed by atoms with Crippen LogP contribution in [0, 0.1) is 9.49 Å². The van der Waals surface area contributed by atoms with Crippen LogP contribution in [0.3, 0.4) is 0 Å². The van der Waals surface area contributed by atoms with Gasteiger partial charge in [0, 0.05) is 3.57 Å². The van der Waals surface area contributed by atoms with Gasteiger partial charge in [-0.05, 0) is 53.0 Å². The summed E-state index contributed by atoms with van der Waals surface area (Å²) in [5.74, 6) is 0.431. The molecule has 1 aliphatic carbocycles. The molecule has 0 radical (unpaired) electrons. The molecule has 0 aromatic heterocycles. The number of hydrogen-bond donors (Lipinski definition) is 2. The van der Waals surface area contributed by atoms with Crippen LogP contribution in [0.15, 0.2) is 24.3 Å². The summed E-state index contributed by atoms with van der Waals surface area (Å²) >= 11 is 2.26. The third-order valence-electron chi connectivity index (χ3n) is 2.74. The molecule has 0 amide bonds. The molecule has 0 aliphatic heterocycles. The molecule has 0 spiro atoms. The van der Waals surface area contributed by atoms with Crippen molar-refractivity contribution in [1.29, 1.82) is 0 Å². The van der Waals surface area contributed by atoms with Crippen molar-refractivity contribution in [2.24, 2.45) is 11.7 Å². The molecule has 0 saturated heterocycles. The number of benzene rings is 1. The third kappa shape index (κ3) is 2.10. The summed E-state index contributed by atoms with van der Waals surface area (Å²) in [4.78, 5) is 0. The zero-order chi connectivity index (χ0) is 10.1. The van der Waals surface area contributed by atoms with Gasteiger partial charge in [0.25, 0.3) is 0 Å². The van der Waals surface area contributed by atoms with Gasteiger partial charge in [-0.3, -0.25) is 0 Å². The van der Waals surface area contributed by atoms with E-state index in [1.807, 2.05) is 24.3 Å². The van der Waals surface area contributed by atoms with Crippen LogP contribution >= 0.6 is 22.6 Å². The fourth-order valence-corrected chi connectivity index (χ4v) is 2.41. The topological polar surface area (TPSA) is 46.2 Å². The van der Waals surface area contributed by atoms with Crippen molar-refractivity contribution in [2.75, 3.05) is 0 Å². The number of halogens is 1. The summed E-state index contributed by atoms with van der Waals surface area (Å²) in [6.45, 7) is 0. The van der Waals surface area contributed by atoms with Crippen LogP contribution in [0.5, 0.6) is 0 Å². The Labute approximate surface area is 97.6 Å². The summed E-state index contributed by atoms with van der Waals surface area (Å²) in [5, 5.41) is 9.91. The Kier molecular flexibility index (Phi) is 3.09. The van der Waals surface area contributed by atoms with Gasteiger partial charge in [-0.1, -0.05) is 18.2 Å². The standard InChI is InChI=1S/C11H14INO/c12-9-4-2-1-3-8(9)10(13)11(14)7-5-6-7/h1-4,7,10-11,14H,5-6,13H2. The fourth-order valence-electron chi connectivity index (χ4n) is 1.66. The number of rotatable bonds is 3. The Bertz CT molecular complexity index is 325. The lowest BCUT2D eigenvalue weighted by Gasteiger charge is -2.19. The van der Waals surface area contributed by atoms with E-state index in [0.29, 0.717) is 5.92 Å². The smallest absolute Gasteiger partial charge is 0.0761 e. The molecule has 1 fully saturated rings. The summed E-state index contributed by atoms with van der Waals surface area (Å²) < 4.78 is 1.14. The minimum Gasteiger partial charge on any atom is -0.391 e. The van der Waals surface area contributed by atoms with E-state index in [1.54, 1.807) is 0 Å². The summed E-state index contributed by atoms with van der Waals surface area (Å²) in [5.41, 5.74) is 7.09. The van der Waals surface area contributed by atoms with Gasteiger partial charge in [0.2, 0.25) is 0 Å². The first-order valence-electron chi connectivity index (χ1n) is 4.88. The van der Waals surface area contributed by atoms with Crippen LogP contribution in [0.25, 0.3) is 0 Å². The zero-order valence-corrected chi connectivity index (χ0v) is 10.0. The highest BCUT2D eigenvalue weighted by Gasteiger charge is 2.34. The van der Waals surface area contributed by atoms with E-state index >= 15 is 0 Å². The van der Waals surface area contributed by atoms with E-state index in [0.717, 1.165) is 22.0 Å². The van der Waals surface area contributed by atoms with Gasteiger partial charge in [0.05, 0.1) is 12.1 Å². The molecule has 14 heavy (non-hydrogen) atoms. The average molecular weight is 303 g/mol. The molecule has 1 aliphatic rings. The molecule has 1 aromatic rings. The van der Waals surface area contributed by atoms with Gasteiger partial charge in [-0.15, -0.1) is 0 Å². The molecule has 2 nitrogen and oxygen atoms in total. The van der Waals surface area contributed by atoms with Crippen LogP contribution in [-0.2, 0) is 0 Å².